The molecule has 0 aliphatic carbocycles. The van der Waals surface area contributed by atoms with Gasteiger partial charge < -0.3 is 5.73 Å². The van der Waals surface area contributed by atoms with Crippen LogP contribution in [0.25, 0.3) is 0 Å². The standard InChI is InChI=1S/C14H21N3/c1-3-5-7-11(6-4-2)14-13(16)12(10-15)8-9-17-14/h8-9,11H,3-7,16H2,1-2H3. The second-order valence-electron chi connectivity index (χ2n) is 4.40. The highest BCUT2D eigenvalue weighted by Gasteiger charge is 2.16. The lowest BCUT2D eigenvalue weighted by Crippen LogP contribution is -2.07. The van der Waals surface area contributed by atoms with Crippen molar-refractivity contribution in [3.8, 4) is 6.07 Å². The number of anilines is 1. The van der Waals surface area contributed by atoms with E-state index in [1.807, 2.05) is 0 Å². The number of hydrogen-bond acceptors (Lipinski definition) is 3. The molecule has 1 atom stereocenters. The van der Waals surface area contributed by atoms with Gasteiger partial charge in [-0.2, -0.15) is 5.26 Å². The predicted molar refractivity (Wildman–Crippen MR) is 70.5 cm³/mol. The number of rotatable bonds is 6. The predicted octanol–water partition coefficient (Wildman–Crippen LogP) is 3.61. The third kappa shape index (κ3) is 3.45. The topological polar surface area (TPSA) is 62.7 Å². The van der Waals surface area contributed by atoms with E-state index in [0.29, 0.717) is 17.2 Å². The van der Waals surface area contributed by atoms with E-state index >= 15 is 0 Å². The maximum atomic E-state index is 8.97. The van der Waals surface area contributed by atoms with Crippen molar-refractivity contribution >= 4 is 5.69 Å². The number of aromatic nitrogens is 1. The average Bonchev–Trinajstić information content (AvgIpc) is 2.35. The van der Waals surface area contributed by atoms with Gasteiger partial charge in [0.25, 0.3) is 0 Å². The zero-order valence-corrected chi connectivity index (χ0v) is 10.7. The van der Waals surface area contributed by atoms with Gasteiger partial charge in [-0.15, -0.1) is 0 Å². The van der Waals surface area contributed by atoms with E-state index in [2.05, 4.69) is 24.9 Å². The van der Waals surface area contributed by atoms with Gasteiger partial charge in [0, 0.05) is 12.1 Å². The van der Waals surface area contributed by atoms with E-state index in [4.69, 9.17) is 11.0 Å². The fourth-order valence-electron chi connectivity index (χ4n) is 2.13. The van der Waals surface area contributed by atoms with Gasteiger partial charge >= 0.3 is 0 Å². The van der Waals surface area contributed by atoms with E-state index in [1.54, 1.807) is 12.3 Å². The van der Waals surface area contributed by atoms with Crippen LogP contribution in [-0.2, 0) is 0 Å². The van der Waals surface area contributed by atoms with Gasteiger partial charge in [-0.25, -0.2) is 0 Å². The largest absolute Gasteiger partial charge is 0.396 e. The summed E-state index contributed by atoms with van der Waals surface area (Å²) in [6, 6.07) is 3.81. The van der Waals surface area contributed by atoms with E-state index < -0.39 is 0 Å². The first-order valence-corrected chi connectivity index (χ1v) is 6.39. The van der Waals surface area contributed by atoms with Crippen molar-refractivity contribution in [2.75, 3.05) is 5.73 Å². The Morgan fingerprint density at radius 3 is 2.71 bits per heavy atom. The monoisotopic (exact) mass is 231 g/mol. The van der Waals surface area contributed by atoms with Gasteiger partial charge in [-0.3, -0.25) is 4.98 Å². The molecule has 0 aliphatic rings. The number of nitrogens with two attached hydrogens (primary N) is 1. The number of hydrogen-bond donors (Lipinski definition) is 1. The Balaban J connectivity index is 2.97. The van der Waals surface area contributed by atoms with Crippen molar-refractivity contribution in [3.63, 3.8) is 0 Å². The van der Waals surface area contributed by atoms with Gasteiger partial charge in [0.1, 0.15) is 6.07 Å². The smallest absolute Gasteiger partial charge is 0.101 e. The molecular weight excluding hydrogens is 210 g/mol. The number of pyridine rings is 1. The summed E-state index contributed by atoms with van der Waals surface area (Å²) in [7, 11) is 0. The minimum atomic E-state index is 0.397. The van der Waals surface area contributed by atoms with Crippen LogP contribution < -0.4 is 5.73 Å². The van der Waals surface area contributed by atoms with Crippen molar-refractivity contribution in [2.45, 2.75) is 51.9 Å². The molecule has 0 amide bonds. The third-order valence-electron chi connectivity index (χ3n) is 3.07. The first kappa shape index (κ1) is 13.5. The summed E-state index contributed by atoms with van der Waals surface area (Å²) in [6.45, 7) is 4.36. The normalized spacial score (nSPS) is 12.1. The first-order chi connectivity index (χ1) is 8.24. The van der Waals surface area contributed by atoms with Crippen LogP contribution in [0.15, 0.2) is 12.3 Å². The highest BCUT2D eigenvalue weighted by atomic mass is 14.7. The van der Waals surface area contributed by atoms with E-state index in [-0.39, 0.29) is 0 Å². The molecule has 17 heavy (non-hydrogen) atoms. The summed E-state index contributed by atoms with van der Waals surface area (Å²) in [6.07, 6.45) is 7.37. The zero-order valence-electron chi connectivity index (χ0n) is 10.7. The number of unbranched alkanes of at least 4 members (excludes halogenated alkanes) is 1. The van der Waals surface area contributed by atoms with Gasteiger partial charge in [-0.1, -0.05) is 33.1 Å². The maximum absolute atomic E-state index is 8.97. The van der Waals surface area contributed by atoms with Gasteiger partial charge in [0.05, 0.1) is 16.9 Å². The fraction of sp³-hybridized carbons (Fsp3) is 0.571. The molecule has 1 heterocycles. The molecule has 92 valence electrons. The molecule has 0 saturated heterocycles. The molecule has 0 aliphatic heterocycles. The Hall–Kier alpha value is -1.56. The van der Waals surface area contributed by atoms with Crippen LogP contribution in [0.5, 0.6) is 0 Å². The molecule has 0 bridgehead atoms. The van der Waals surface area contributed by atoms with Gasteiger partial charge in [0.2, 0.25) is 0 Å². The molecule has 0 fully saturated rings. The van der Waals surface area contributed by atoms with Crippen molar-refractivity contribution in [3.05, 3.63) is 23.5 Å². The highest BCUT2D eigenvalue weighted by molar-refractivity contribution is 5.57. The summed E-state index contributed by atoms with van der Waals surface area (Å²) in [4.78, 5) is 4.38. The molecule has 1 aromatic rings. The van der Waals surface area contributed by atoms with Gasteiger partial charge in [-0.05, 0) is 18.9 Å². The summed E-state index contributed by atoms with van der Waals surface area (Å²) >= 11 is 0. The minimum Gasteiger partial charge on any atom is -0.396 e. The fourth-order valence-corrected chi connectivity index (χ4v) is 2.13. The lowest BCUT2D eigenvalue weighted by atomic mass is 9.91. The molecule has 1 aromatic heterocycles. The van der Waals surface area contributed by atoms with Crippen LogP contribution in [0.2, 0.25) is 0 Å². The number of nitrogen functional groups attached to an aromatic ring is 1. The molecular formula is C14H21N3. The van der Waals surface area contributed by atoms with Crippen LogP contribution in [0.4, 0.5) is 5.69 Å². The molecule has 2 N–H and O–H groups in total. The maximum Gasteiger partial charge on any atom is 0.101 e. The van der Waals surface area contributed by atoms with Crippen LogP contribution in [0.3, 0.4) is 0 Å². The second kappa shape index (κ2) is 6.90. The Labute approximate surface area is 104 Å². The average molecular weight is 231 g/mol. The Bertz CT molecular complexity index is 393. The van der Waals surface area contributed by atoms with Crippen molar-refractivity contribution < 1.29 is 0 Å². The molecule has 1 unspecified atom stereocenters. The van der Waals surface area contributed by atoms with Crippen molar-refractivity contribution in [2.24, 2.45) is 0 Å². The summed E-state index contributed by atoms with van der Waals surface area (Å²) in [5, 5.41) is 8.97. The van der Waals surface area contributed by atoms with Gasteiger partial charge in [0.15, 0.2) is 0 Å². The zero-order chi connectivity index (χ0) is 12.7. The SMILES string of the molecule is CCCCC(CCC)c1nccc(C#N)c1N. The molecule has 0 radical (unpaired) electrons. The number of nitriles is 1. The molecule has 1 rings (SSSR count). The van der Waals surface area contributed by atoms with Crippen LogP contribution in [0.1, 0.15) is 63.1 Å². The lowest BCUT2D eigenvalue weighted by molar-refractivity contribution is 0.531. The summed E-state index contributed by atoms with van der Waals surface area (Å²) in [5.74, 6) is 0.397. The number of nitrogens with zero attached hydrogens (tertiary/aromatic N) is 2. The first-order valence-electron chi connectivity index (χ1n) is 6.39. The minimum absolute atomic E-state index is 0.397. The van der Waals surface area contributed by atoms with E-state index in [0.717, 1.165) is 25.0 Å². The summed E-state index contributed by atoms with van der Waals surface area (Å²) < 4.78 is 0. The van der Waals surface area contributed by atoms with Crippen LogP contribution in [0, 0.1) is 11.3 Å². The molecule has 0 spiro atoms. The molecule has 0 saturated carbocycles. The molecule has 3 nitrogen and oxygen atoms in total. The van der Waals surface area contributed by atoms with E-state index in [9.17, 15) is 0 Å². The Kier molecular flexibility index (Phi) is 5.48. The molecule has 0 aromatic carbocycles. The van der Waals surface area contributed by atoms with Crippen LogP contribution >= 0.6 is 0 Å². The van der Waals surface area contributed by atoms with Crippen LogP contribution in [-0.4, -0.2) is 4.98 Å². The Morgan fingerprint density at radius 2 is 2.12 bits per heavy atom. The second-order valence-corrected chi connectivity index (χ2v) is 4.40. The molecule has 3 heteroatoms. The van der Waals surface area contributed by atoms with Crippen molar-refractivity contribution in [1.82, 2.24) is 4.98 Å². The quantitative estimate of drug-likeness (QED) is 0.813. The summed E-state index contributed by atoms with van der Waals surface area (Å²) in [5.41, 5.74) is 8.05. The highest BCUT2D eigenvalue weighted by Crippen LogP contribution is 2.30. The lowest BCUT2D eigenvalue weighted by Gasteiger charge is -2.17. The third-order valence-corrected chi connectivity index (χ3v) is 3.07. The van der Waals surface area contributed by atoms with Crippen molar-refractivity contribution in [1.29, 1.82) is 5.26 Å². The van der Waals surface area contributed by atoms with E-state index in [1.165, 1.54) is 12.8 Å². The Morgan fingerprint density at radius 1 is 1.35 bits per heavy atom.